The second-order valence-corrected chi connectivity index (χ2v) is 5.05. The fourth-order valence-electron chi connectivity index (χ4n) is 2.40. The lowest BCUT2D eigenvalue weighted by atomic mass is 9.97. The molecule has 0 bridgehead atoms. The van der Waals surface area contributed by atoms with Crippen LogP contribution in [0.3, 0.4) is 0 Å². The first-order valence-corrected chi connectivity index (χ1v) is 6.72. The molecular formula is C15H19NO3. The van der Waals surface area contributed by atoms with Crippen LogP contribution < -0.4 is 4.90 Å². The van der Waals surface area contributed by atoms with Gasteiger partial charge in [-0.3, -0.25) is 4.79 Å². The molecule has 1 aromatic rings. The number of benzene rings is 1. The first kappa shape index (κ1) is 13.6. The van der Waals surface area contributed by atoms with Crippen LogP contribution in [0.15, 0.2) is 18.2 Å². The van der Waals surface area contributed by atoms with Crippen molar-refractivity contribution >= 4 is 17.6 Å². The third-order valence-electron chi connectivity index (χ3n) is 3.75. The molecule has 0 aromatic heterocycles. The van der Waals surface area contributed by atoms with Gasteiger partial charge in [0.2, 0.25) is 5.91 Å². The summed E-state index contributed by atoms with van der Waals surface area (Å²) in [4.78, 5) is 25.1. The smallest absolute Gasteiger partial charge is 0.335 e. The highest BCUT2D eigenvalue weighted by atomic mass is 16.4. The number of carbonyl (C=O) groups excluding carboxylic acids is 1. The van der Waals surface area contributed by atoms with E-state index >= 15 is 0 Å². The normalized spacial score (nSPS) is 15.8. The molecule has 19 heavy (non-hydrogen) atoms. The Morgan fingerprint density at radius 2 is 2.16 bits per heavy atom. The van der Waals surface area contributed by atoms with Crippen molar-refractivity contribution in [1.82, 2.24) is 0 Å². The van der Waals surface area contributed by atoms with E-state index in [4.69, 9.17) is 5.11 Å². The SMILES string of the molecule is CC[C@@H](C)C(=O)N1CCCc2cc(C(=O)O)ccc21. The van der Waals surface area contributed by atoms with Crippen LogP contribution in [0.2, 0.25) is 0 Å². The van der Waals surface area contributed by atoms with Crippen molar-refractivity contribution in [1.29, 1.82) is 0 Å². The van der Waals surface area contributed by atoms with Gasteiger partial charge in [0.25, 0.3) is 0 Å². The maximum atomic E-state index is 12.3. The molecule has 0 aliphatic carbocycles. The monoisotopic (exact) mass is 261 g/mol. The molecule has 0 unspecified atom stereocenters. The number of aryl methyl sites for hydroxylation is 1. The number of anilines is 1. The van der Waals surface area contributed by atoms with Crippen LogP contribution in [0.5, 0.6) is 0 Å². The summed E-state index contributed by atoms with van der Waals surface area (Å²) in [7, 11) is 0. The Hall–Kier alpha value is -1.84. The van der Waals surface area contributed by atoms with E-state index in [1.54, 1.807) is 23.1 Å². The Labute approximate surface area is 113 Å². The molecule has 1 amide bonds. The van der Waals surface area contributed by atoms with Crippen LogP contribution in [0.4, 0.5) is 5.69 Å². The van der Waals surface area contributed by atoms with Crippen molar-refractivity contribution in [2.24, 2.45) is 5.92 Å². The van der Waals surface area contributed by atoms with Gasteiger partial charge in [0.05, 0.1) is 5.56 Å². The number of carboxylic acids is 1. The number of fused-ring (bicyclic) bond motifs is 1. The van der Waals surface area contributed by atoms with E-state index in [1.807, 2.05) is 13.8 Å². The zero-order valence-corrected chi connectivity index (χ0v) is 11.3. The summed E-state index contributed by atoms with van der Waals surface area (Å²) in [6.07, 6.45) is 2.54. The number of carboxylic acid groups (broad SMARTS) is 1. The van der Waals surface area contributed by atoms with Crippen molar-refractivity contribution in [2.75, 3.05) is 11.4 Å². The van der Waals surface area contributed by atoms with Crippen LogP contribution in [-0.2, 0) is 11.2 Å². The quantitative estimate of drug-likeness (QED) is 0.910. The summed E-state index contributed by atoms with van der Waals surface area (Å²) >= 11 is 0. The maximum Gasteiger partial charge on any atom is 0.335 e. The van der Waals surface area contributed by atoms with Crippen LogP contribution in [-0.4, -0.2) is 23.5 Å². The molecule has 4 nitrogen and oxygen atoms in total. The fourth-order valence-corrected chi connectivity index (χ4v) is 2.40. The Balaban J connectivity index is 2.34. The molecule has 0 radical (unpaired) electrons. The molecule has 1 aromatic carbocycles. The van der Waals surface area contributed by atoms with Crippen molar-refractivity contribution in [3.63, 3.8) is 0 Å². The van der Waals surface area contributed by atoms with E-state index in [9.17, 15) is 9.59 Å². The molecule has 0 fully saturated rings. The first-order valence-electron chi connectivity index (χ1n) is 6.72. The average Bonchev–Trinajstić information content (AvgIpc) is 2.44. The maximum absolute atomic E-state index is 12.3. The molecule has 2 rings (SSSR count). The molecule has 1 heterocycles. The van der Waals surface area contributed by atoms with Crippen molar-refractivity contribution in [2.45, 2.75) is 33.1 Å². The third kappa shape index (κ3) is 2.62. The Morgan fingerprint density at radius 3 is 2.79 bits per heavy atom. The summed E-state index contributed by atoms with van der Waals surface area (Å²) in [5, 5.41) is 9.01. The van der Waals surface area contributed by atoms with Gasteiger partial charge in [0.1, 0.15) is 0 Å². The lowest BCUT2D eigenvalue weighted by Gasteiger charge is -2.31. The lowest BCUT2D eigenvalue weighted by Crippen LogP contribution is -2.38. The number of nitrogens with zero attached hydrogens (tertiary/aromatic N) is 1. The minimum atomic E-state index is -0.923. The Kier molecular flexibility index (Phi) is 3.88. The van der Waals surface area contributed by atoms with Gasteiger partial charge in [-0.15, -0.1) is 0 Å². The molecule has 4 heteroatoms. The van der Waals surface area contributed by atoms with Gasteiger partial charge in [0, 0.05) is 18.2 Å². The zero-order valence-electron chi connectivity index (χ0n) is 11.3. The van der Waals surface area contributed by atoms with Crippen LogP contribution in [0.25, 0.3) is 0 Å². The van der Waals surface area contributed by atoms with Crippen LogP contribution >= 0.6 is 0 Å². The molecule has 1 atom stereocenters. The molecule has 1 N–H and O–H groups in total. The predicted molar refractivity (Wildman–Crippen MR) is 73.5 cm³/mol. The van der Waals surface area contributed by atoms with E-state index in [2.05, 4.69) is 0 Å². The molecule has 102 valence electrons. The van der Waals surface area contributed by atoms with Gasteiger partial charge in [-0.1, -0.05) is 13.8 Å². The standard InChI is InChI=1S/C15H19NO3/c1-3-10(2)14(17)16-8-4-5-11-9-12(15(18)19)6-7-13(11)16/h6-7,9-10H,3-5,8H2,1-2H3,(H,18,19)/t10-/m1/s1. The van der Waals surface area contributed by atoms with Crippen LogP contribution in [0, 0.1) is 5.92 Å². The molecule has 0 saturated heterocycles. The highest BCUT2D eigenvalue weighted by Gasteiger charge is 2.25. The Bertz CT molecular complexity index is 510. The summed E-state index contributed by atoms with van der Waals surface area (Å²) in [5.41, 5.74) is 2.13. The van der Waals surface area contributed by atoms with Crippen molar-refractivity contribution in [3.8, 4) is 0 Å². The first-order chi connectivity index (χ1) is 9.04. The number of amides is 1. The minimum absolute atomic E-state index is 0.00472. The van der Waals surface area contributed by atoms with E-state index in [-0.39, 0.29) is 17.4 Å². The number of hydrogen-bond donors (Lipinski definition) is 1. The van der Waals surface area contributed by atoms with Gasteiger partial charge in [-0.25, -0.2) is 4.79 Å². The second kappa shape index (κ2) is 5.43. The topological polar surface area (TPSA) is 57.6 Å². The van der Waals surface area contributed by atoms with E-state index in [0.717, 1.165) is 37.1 Å². The van der Waals surface area contributed by atoms with E-state index < -0.39 is 5.97 Å². The fraction of sp³-hybridized carbons (Fsp3) is 0.467. The summed E-state index contributed by atoms with van der Waals surface area (Å²) in [5.74, 6) is -0.787. The van der Waals surface area contributed by atoms with Gasteiger partial charge in [-0.05, 0) is 43.0 Å². The van der Waals surface area contributed by atoms with Gasteiger partial charge in [-0.2, -0.15) is 0 Å². The van der Waals surface area contributed by atoms with Crippen molar-refractivity contribution in [3.05, 3.63) is 29.3 Å². The molecular weight excluding hydrogens is 242 g/mol. The number of carbonyl (C=O) groups is 2. The largest absolute Gasteiger partial charge is 0.478 e. The highest BCUT2D eigenvalue weighted by Crippen LogP contribution is 2.29. The second-order valence-electron chi connectivity index (χ2n) is 5.05. The average molecular weight is 261 g/mol. The summed E-state index contributed by atoms with van der Waals surface area (Å²) < 4.78 is 0. The summed E-state index contributed by atoms with van der Waals surface area (Å²) in [6, 6.07) is 5.02. The third-order valence-corrected chi connectivity index (χ3v) is 3.75. The van der Waals surface area contributed by atoms with E-state index in [1.165, 1.54) is 0 Å². The zero-order chi connectivity index (χ0) is 14.0. The lowest BCUT2D eigenvalue weighted by molar-refractivity contribution is -0.122. The summed E-state index contributed by atoms with van der Waals surface area (Å²) in [6.45, 7) is 4.66. The van der Waals surface area contributed by atoms with Gasteiger partial charge < -0.3 is 10.0 Å². The molecule has 0 saturated carbocycles. The number of hydrogen-bond acceptors (Lipinski definition) is 2. The van der Waals surface area contributed by atoms with E-state index in [0.29, 0.717) is 0 Å². The predicted octanol–water partition coefficient (Wildman–Crippen LogP) is 2.71. The highest BCUT2D eigenvalue weighted by molar-refractivity contribution is 5.97. The minimum Gasteiger partial charge on any atom is -0.478 e. The van der Waals surface area contributed by atoms with Crippen molar-refractivity contribution < 1.29 is 14.7 Å². The van der Waals surface area contributed by atoms with Gasteiger partial charge >= 0.3 is 5.97 Å². The van der Waals surface area contributed by atoms with Gasteiger partial charge in [0.15, 0.2) is 0 Å². The number of rotatable bonds is 3. The molecule has 1 aliphatic rings. The molecule has 0 spiro atoms. The number of aromatic carboxylic acids is 1. The van der Waals surface area contributed by atoms with Crippen LogP contribution in [0.1, 0.15) is 42.6 Å². The molecule has 1 aliphatic heterocycles. The Morgan fingerprint density at radius 1 is 1.42 bits per heavy atom.